The normalized spacial score (nSPS) is 11.4. The quantitative estimate of drug-likeness (QED) is 0.426. The van der Waals surface area contributed by atoms with E-state index in [1.165, 1.54) is 0 Å². The highest BCUT2D eigenvalue weighted by atomic mass is 32.1. The summed E-state index contributed by atoms with van der Waals surface area (Å²) in [5.41, 5.74) is 6.32. The predicted molar refractivity (Wildman–Crippen MR) is 124 cm³/mol. The van der Waals surface area contributed by atoms with Crippen LogP contribution in [0.3, 0.4) is 0 Å². The molecule has 0 spiro atoms. The Bertz CT molecular complexity index is 917. The summed E-state index contributed by atoms with van der Waals surface area (Å²) in [5.74, 6) is 0.688. The second kappa shape index (κ2) is 11.9. The van der Waals surface area contributed by atoms with E-state index in [4.69, 9.17) is 21.7 Å². The number of nitrogens with one attached hydrogen (secondary N) is 3. The molecular weight excluding hydrogens is 414 g/mol. The van der Waals surface area contributed by atoms with Crippen molar-refractivity contribution in [2.45, 2.75) is 46.1 Å². The van der Waals surface area contributed by atoms with Crippen LogP contribution in [0.1, 0.15) is 56.0 Å². The van der Waals surface area contributed by atoms with Crippen LogP contribution in [0, 0.1) is 0 Å². The third kappa shape index (κ3) is 7.90. The summed E-state index contributed by atoms with van der Waals surface area (Å²) < 4.78 is 11.3. The van der Waals surface area contributed by atoms with E-state index >= 15 is 0 Å². The number of carbonyl (C=O) groups is 2. The molecule has 0 saturated heterocycles. The molecule has 0 aliphatic carbocycles. The maximum Gasteiger partial charge on any atom is 0.276 e. The smallest absolute Gasteiger partial charge is 0.276 e. The molecule has 0 aromatic heterocycles. The molecule has 0 heterocycles. The molecule has 1 atom stereocenters. The molecule has 1 unspecified atom stereocenters. The van der Waals surface area contributed by atoms with Gasteiger partial charge in [-0.25, -0.2) is 0 Å². The molecule has 0 aliphatic rings. The van der Waals surface area contributed by atoms with Crippen molar-refractivity contribution in [1.29, 1.82) is 0 Å². The Balaban J connectivity index is 1.80. The van der Waals surface area contributed by atoms with Crippen LogP contribution >= 0.6 is 12.2 Å². The monoisotopic (exact) mass is 443 g/mol. The highest BCUT2D eigenvalue weighted by Gasteiger charge is 2.12. The average molecular weight is 444 g/mol. The van der Waals surface area contributed by atoms with Gasteiger partial charge in [-0.3, -0.25) is 25.8 Å². The number of carbonyl (C=O) groups excluding carboxylic acids is 2. The Labute approximate surface area is 188 Å². The fourth-order valence-electron chi connectivity index (χ4n) is 2.63. The molecule has 8 heteroatoms. The van der Waals surface area contributed by atoms with Gasteiger partial charge >= 0.3 is 0 Å². The summed E-state index contributed by atoms with van der Waals surface area (Å²) in [6.07, 6.45) is 0.905. The van der Waals surface area contributed by atoms with Gasteiger partial charge in [0.25, 0.3) is 11.8 Å². The lowest BCUT2D eigenvalue weighted by atomic mass is 10.0. The van der Waals surface area contributed by atoms with Crippen LogP contribution < -0.4 is 25.6 Å². The van der Waals surface area contributed by atoms with Crippen LogP contribution in [0.4, 0.5) is 0 Å². The van der Waals surface area contributed by atoms with Crippen LogP contribution in [0.25, 0.3) is 0 Å². The Morgan fingerprint density at radius 1 is 1.03 bits per heavy atom. The van der Waals surface area contributed by atoms with Gasteiger partial charge in [-0.2, -0.15) is 0 Å². The molecular formula is C23H29N3O4S. The Kier molecular flexibility index (Phi) is 9.27. The van der Waals surface area contributed by atoms with Gasteiger partial charge < -0.3 is 9.47 Å². The SMILES string of the molecule is CCC(C)Oc1cccc(C(=O)NC(=S)NNC(=O)COc2ccccc2C(C)C)c1. The van der Waals surface area contributed by atoms with Crippen molar-refractivity contribution in [2.75, 3.05) is 6.61 Å². The Hall–Kier alpha value is -3.13. The molecule has 31 heavy (non-hydrogen) atoms. The number of hydrogen-bond acceptors (Lipinski definition) is 5. The van der Waals surface area contributed by atoms with Crippen molar-refractivity contribution in [3.05, 3.63) is 59.7 Å². The van der Waals surface area contributed by atoms with Gasteiger partial charge in [-0.1, -0.05) is 45.0 Å². The highest BCUT2D eigenvalue weighted by Crippen LogP contribution is 2.25. The van der Waals surface area contributed by atoms with E-state index in [1.54, 1.807) is 24.3 Å². The minimum atomic E-state index is -0.431. The summed E-state index contributed by atoms with van der Waals surface area (Å²) in [6.45, 7) is 7.89. The number of para-hydroxylation sites is 1. The van der Waals surface area contributed by atoms with Crippen molar-refractivity contribution in [3.8, 4) is 11.5 Å². The molecule has 0 aliphatic heterocycles. The molecule has 3 N–H and O–H groups in total. The number of ether oxygens (including phenoxy) is 2. The zero-order chi connectivity index (χ0) is 22.8. The molecule has 7 nitrogen and oxygen atoms in total. The second-order valence-electron chi connectivity index (χ2n) is 7.30. The number of hydrazine groups is 1. The molecule has 0 bridgehead atoms. The van der Waals surface area contributed by atoms with E-state index in [2.05, 4.69) is 30.0 Å². The van der Waals surface area contributed by atoms with Gasteiger partial charge in [0, 0.05) is 5.56 Å². The van der Waals surface area contributed by atoms with Crippen molar-refractivity contribution < 1.29 is 19.1 Å². The molecule has 2 amide bonds. The minimum absolute atomic E-state index is 0.0332. The zero-order valence-corrected chi connectivity index (χ0v) is 19.0. The molecule has 2 aromatic rings. The minimum Gasteiger partial charge on any atom is -0.491 e. The maximum absolute atomic E-state index is 12.4. The van der Waals surface area contributed by atoms with Crippen molar-refractivity contribution >= 4 is 29.1 Å². The molecule has 2 aromatic carbocycles. The van der Waals surface area contributed by atoms with Gasteiger partial charge in [-0.15, -0.1) is 0 Å². The van der Waals surface area contributed by atoms with E-state index in [0.29, 0.717) is 17.1 Å². The van der Waals surface area contributed by atoms with Gasteiger partial charge in [0.15, 0.2) is 11.7 Å². The van der Waals surface area contributed by atoms with Crippen LogP contribution in [-0.4, -0.2) is 29.6 Å². The van der Waals surface area contributed by atoms with Gasteiger partial charge in [-0.05, 0) is 61.3 Å². The van der Waals surface area contributed by atoms with E-state index in [1.807, 2.05) is 38.1 Å². The van der Waals surface area contributed by atoms with Crippen LogP contribution in [0.15, 0.2) is 48.5 Å². The number of thiocarbonyl (C=S) groups is 1. The van der Waals surface area contributed by atoms with Crippen LogP contribution in [0.2, 0.25) is 0 Å². The third-order valence-electron chi connectivity index (χ3n) is 4.45. The number of rotatable bonds is 8. The third-order valence-corrected chi connectivity index (χ3v) is 4.65. The Morgan fingerprint density at radius 2 is 1.77 bits per heavy atom. The van der Waals surface area contributed by atoms with Crippen LogP contribution in [-0.2, 0) is 4.79 Å². The van der Waals surface area contributed by atoms with Gasteiger partial charge in [0.1, 0.15) is 11.5 Å². The first-order valence-electron chi connectivity index (χ1n) is 10.2. The lowest BCUT2D eigenvalue weighted by Crippen LogP contribution is -2.49. The second-order valence-corrected chi connectivity index (χ2v) is 7.71. The highest BCUT2D eigenvalue weighted by molar-refractivity contribution is 7.80. The number of hydrogen-bond donors (Lipinski definition) is 3. The maximum atomic E-state index is 12.4. The molecule has 0 saturated carbocycles. The van der Waals surface area contributed by atoms with Gasteiger partial charge in [0.05, 0.1) is 6.10 Å². The average Bonchev–Trinajstić information content (AvgIpc) is 2.76. The fourth-order valence-corrected chi connectivity index (χ4v) is 2.77. The molecule has 0 radical (unpaired) electrons. The number of amides is 2. The van der Waals surface area contributed by atoms with Crippen LogP contribution in [0.5, 0.6) is 11.5 Å². The van der Waals surface area contributed by atoms with Crippen molar-refractivity contribution in [3.63, 3.8) is 0 Å². The van der Waals surface area contributed by atoms with Crippen molar-refractivity contribution in [1.82, 2.24) is 16.2 Å². The molecule has 2 rings (SSSR count). The number of benzene rings is 2. The van der Waals surface area contributed by atoms with Crippen molar-refractivity contribution in [2.24, 2.45) is 0 Å². The summed E-state index contributed by atoms with van der Waals surface area (Å²) in [4.78, 5) is 24.4. The van der Waals surface area contributed by atoms with E-state index in [9.17, 15) is 9.59 Å². The molecule has 0 fully saturated rings. The summed E-state index contributed by atoms with van der Waals surface area (Å²) in [5, 5.41) is 2.48. The standard InChI is InChI=1S/C23H29N3O4S/c1-5-16(4)30-18-10-8-9-17(13-18)22(28)24-23(31)26-25-21(27)14-29-20-12-7-6-11-19(20)15(2)3/h6-13,15-16H,5,14H2,1-4H3,(H,25,27)(H2,24,26,28,31). The van der Waals surface area contributed by atoms with Gasteiger partial charge in [0.2, 0.25) is 0 Å². The zero-order valence-electron chi connectivity index (χ0n) is 18.2. The Morgan fingerprint density at radius 3 is 2.48 bits per heavy atom. The first kappa shape index (κ1) is 24.1. The summed E-state index contributed by atoms with van der Waals surface area (Å²) in [7, 11) is 0. The molecule has 166 valence electrons. The lowest BCUT2D eigenvalue weighted by molar-refractivity contribution is -0.123. The first-order valence-corrected chi connectivity index (χ1v) is 10.6. The largest absolute Gasteiger partial charge is 0.491 e. The lowest BCUT2D eigenvalue weighted by Gasteiger charge is -2.15. The topological polar surface area (TPSA) is 88.7 Å². The van der Waals surface area contributed by atoms with E-state index < -0.39 is 11.8 Å². The predicted octanol–water partition coefficient (Wildman–Crippen LogP) is 3.70. The van der Waals surface area contributed by atoms with E-state index in [-0.39, 0.29) is 23.7 Å². The fraction of sp³-hybridized carbons (Fsp3) is 0.348. The summed E-state index contributed by atoms with van der Waals surface area (Å²) in [6, 6.07) is 14.4. The summed E-state index contributed by atoms with van der Waals surface area (Å²) >= 11 is 5.07. The first-order chi connectivity index (χ1) is 14.8. The van der Waals surface area contributed by atoms with E-state index in [0.717, 1.165) is 12.0 Å².